The van der Waals surface area contributed by atoms with Crippen LogP contribution in [0.1, 0.15) is 5.56 Å². The minimum Gasteiger partial charge on any atom is -0.453 e. The standard InChI is InChI=1S/C14H11Br2NO/c1-8-5-12-14(7-10(8)16)18-13-6-9(15)3-4-11(13)17(12)2/h3-7H,1-2H3. The van der Waals surface area contributed by atoms with Crippen molar-refractivity contribution in [3.05, 3.63) is 44.8 Å². The topological polar surface area (TPSA) is 12.5 Å². The first-order valence-corrected chi connectivity index (χ1v) is 7.16. The molecule has 0 radical (unpaired) electrons. The van der Waals surface area contributed by atoms with Crippen molar-refractivity contribution in [2.45, 2.75) is 6.92 Å². The highest BCUT2D eigenvalue weighted by atomic mass is 79.9. The van der Waals surface area contributed by atoms with E-state index in [-0.39, 0.29) is 0 Å². The average Bonchev–Trinajstić information content (AvgIpc) is 2.32. The van der Waals surface area contributed by atoms with Crippen LogP contribution in [-0.4, -0.2) is 7.05 Å². The molecule has 0 aromatic heterocycles. The largest absolute Gasteiger partial charge is 0.453 e. The Kier molecular flexibility index (Phi) is 2.87. The number of benzene rings is 2. The number of anilines is 2. The zero-order chi connectivity index (χ0) is 12.9. The van der Waals surface area contributed by atoms with Crippen molar-refractivity contribution in [3.63, 3.8) is 0 Å². The van der Waals surface area contributed by atoms with E-state index in [1.807, 2.05) is 18.2 Å². The van der Waals surface area contributed by atoms with Crippen LogP contribution in [0.5, 0.6) is 11.5 Å². The van der Waals surface area contributed by atoms with Gasteiger partial charge in [-0.3, -0.25) is 0 Å². The summed E-state index contributed by atoms with van der Waals surface area (Å²) in [6.07, 6.45) is 0. The van der Waals surface area contributed by atoms with E-state index in [0.29, 0.717) is 0 Å². The van der Waals surface area contributed by atoms with Crippen LogP contribution in [0.3, 0.4) is 0 Å². The minimum absolute atomic E-state index is 0.870. The van der Waals surface area contributed by atoms with Gasteiger partial charge in [0.05, 0.1) is 11.4 Å². The maximum absolute atomic E-state index is 5.96. The van der Waals surface area contributed by atoms with Gasteiger partial charge in [-0.15, -0.1) is 0 Å². The van der Waals surface area contributed by atoms with Crippen LogP contribution in [0.2, 0.25) is 0 Å². The third-order valence-corrected chi connectivity index (χ3v) is 4.45. The molecule has 2 aromatic rings. The van der Waals surface area contributed by atoms with E-state index in [4.69, 9.17) is 4.74 Å². The molecule has 2 nitrogen and oxygen atoms in total. The summed E-state index contributed by atoms with van der Waals surface area (Å²) < 4.78 is 8.04. The first-order valence-electron chi connectivity index (χ1n) is 5.57. The molecule has 3 rings (SSSR count). The van der Waals surface area contributed by atoms with E-state index in [2.05, 4.69) is 62.9 Å². The van der Waals surface area contributed by atoms with Crippen molar-refractivity contribution in [1.82, 2.24) is 0 Å². The third kappa shape index (κ3) is 1.84. The van der Waals surface area contributed by atoms with Gasteiger partial charge in [-0.2, -0.15) is 0 Å². The maximum atomic E-state index is 5.96. The van der Waals surface area contributed by atoms with Gasteiger partial charge >= 0.3 is 0 Å². The van der Waals surface area contributed by atoms with E-state index in [1.165, 1.54) is 5.56 Å². The van der Waals surface area contributed by atoms with E-state index >= 15 is 0 Å². The number of hydrogen-bond acceptors (Lipinski definition) is 2. The Labute approximate surface area is 123 Å². The van der Waals surface area contributed by atoms with Crippen molar-refractivity contribution in [2.24, 2.45) is 0 Å². The number of nitrogens with zero attached hydrogens (tertiary/aromatic N) is 1. The van der Waals surface area contributed by atoms with Crippen molar-refractivity contribution in [2.75, 3.05) is 11.9 Å². The van der Waals surface area contributed by atoms with Gasteiger partial charge in [-0.05, 0) is 42.8 Å². The van der Waals surface area contributed by atoms with E-state index in [9.17, 15) is 0 Å². The van der Waals surface area contributed by atoms with Gasteiger partial charge in [0.2, 0.25) is 0 Å². The number of hydrogen-bond donors (Lipinski definition) is 0. The summed E-state index contributed by atoms with van der Waals surface area (Å²) in [7, 11) is 2.06. The van der Waals surface area contributed by atoms with Crippen LogP contribution in [-0.2, 0) is 0 Å². The Morgan fingerprint density at radius 1 is 1.00 bits per heavy atom. The number of aryl methyl sites for hydroxylation is 1. The molecule has 0 unspecified atom stereocenters. The molecule has 0 aliphatic carbocycles. The lowest BCUT2D eigenvalue weighted by Crippen LogP contribution is -2.15. The highest BCUT2D eigenvalue weighted by Gasteiger charge is 2.22. The van der Waals surface area contributed by atoms with Crippen LogP contribution in [0, 0.1) is 6.92 Å². The lowest BCUT2D eigenvalue weighted by atomic mass is 10.1. The Balaban J connectivity index is 2.18. The molecule has 0 spiro atoms. The number of fused-ring (bicyclic) bond motifs is 2. The van der Waals surface area contributed by atoms with E-state index in [0.717, 1.165) is 31.8 Å². The van der Waals surface area contributed by atoms with Gasteiger partial charge in [-0.25, -0.2) is 0 Å². The second-order valence-electron chi connectivity index (χ2n) is 4.34. The lowest BCUT2D eigenvalue weighted by molar-refractivity contribution is 0.474. The summed E-state index contributed by atoms with van der Waals surface area (Å²) in [4.78, 5) is 2.15. The Morgan fingerprint density at radius 3 is 2.50 bits per heavy atom. The Hall–Kier alpha value is -1.00. The first-order chi connectivity index (χ1) is 8.56. The fraction of sp³-hybridized carbons (Fsp3) is 0.143. The fourth-order valence-electron chi connectivity index (χ4n) is 2.09. The molecular weight excluding hydrogens is 358 g/mol. The zero-order valence-corrected chi connectivity index (χ0v) is 13.2. The molecule has 0 atom stereocenters. The molecule has 0 saturated heterocycles. The van der Waals surface area contributed by atoms with Gasteiger partial charge in [0.15, 0.2) is 11.5 Å². The molecule has 0 bridgehead atoms. The van der Waals surface area contributed by atoms with E-state index in [1.54, 1.807) is 0 Å². The van der Waals surface area contributed by atoms with Crippen LogP contribution in [0.4, 0.5) is 11.4 Å². The van der Waals surface area contributed by atoms with Crippen LogP contribution in [0.25, 0.3) is 0 Å². The second-order valence-corrected chi connectivity index (χ2v) is 6.11. The van der Waals surface area contributed by atoms with Crippen molar-refractivity contribution >= 4 is 43.2 Å². The molecule has 1 aliphatic heterocycles. The van der Waals surface area contributed by atoms with Crippen LogP contribution in [0.15, 0.2) is 39.3 Å². The zero-order valence-electron chi connectivity index (χ0n) is 10.00. The van der Waals surface area contributed by atoms with Crippen molar-refractivity contribution in [1.29, 1.82) is 0 Å². The lowest BCUT2D eigenvalue weighted by Gasteiger charge is -2.30. The van der Waals surface area contributed by atoms with Crippen molar-refractivity contribution in [3.8, 4) is 11.5 Å². The quantitative estimate of drug-likeness (QED) is 0.617. The van der Waals surface area contributed by atoms with Gasteiger partial charge in [-0.1, -0.05) is 31.9 Å². The molecule has 1 heterocycles. The summed E-state index contributed by atoms with van der Waals surface area (Å²) >= 11 is 7.01. The fourth-order valence-corrected chi connectivity index (χ4v) is 2.75. The van der Waals surface area contributed by atoms with Crippen molar-refractivity contribution < 1.29 is 4.74 Å². The van der Waals surface area contributed by atoms with Gasteiger partial charge in [0.1, 0.15) is 0 Å². The predicted octanol–water partition coefficient (Wildman–Crippen LogP) is 5.39. The highest BCUT2D eigenvalue weighted by molar-refractivity contribution is 9.10. The smallest absolute Gasteiger partial charge is 0.152 e. The van der Waals surface area contributed by atoms with Crippen LogP contribution >= 0.6 is 31.9 Å². The first kappa shape index (κ1) is 12.1. The number of ether oxygens (including phenoxy) is 1. The molecule has 0 fully saturated rings. The molecule has 0 N–H and O–H groups in total. The number of rotatable bonds is 0. The molecule has 2 aromatic carbocycles. The molecule has 4 heteroatoms. The Bertz CT molecular complexity index is 640. The van der Waals surface area contributed by atoms with E-state index < -0.39 is 0 Å². The SMILES string of the molecule is Cc1cc2c(cc1Br)Oc1cc(Br)ccc1N2C. The van der Waals surface area contributed by atoms with Gasteiger partial charge in [0, 0.05) is 16.0 Å². The summed E-state index contributed by atoms with van der Waals surface area (Å²) in [6, 6.07) is 10.2. The van der Waals surface area contributed by atoms with Crippen LogP contribution < -0.4 is 9.64 Å². The maximum Gasteiger partial charge on any atom is 0.152 e. The molecule has 0 amide bonds. The Morgan fingerprint density at radius 2 is 1.72 bits per heavy atom. The summed E-state index contributed by atoms with van der Waals surface area (Å²) in [5, 5.41) is 0. The molecule has 1 aliphatic rings. The number of halogens is 2. The minimum atomic E-state index is 0.870. The monoisotopic (exact) mass is 367 g/mol. The van der Waals surface area contributed by atoms with Gasteiger partial charge in [0.25, 0.3) is 0 Å². The van der Waals surface area contributed by atoms with Gasteiger partial charge < -0.3 is 9.64 Å². The summed E-state index contributed by atoms with van der Waals surface area (Å²) in [6.45, 7) is 2.08. The normalized spacial score (nSPS) is 12.8. The predicted molar refractivity (Wildman–Crippen MR) is 81.2 cm³/mol. The second kappa shape index (κ2) is 4.28. The molecule has 92 valence electrons. The highest BCUT2D eigenvalue weighted by Crippen LogP contribution is 2.47. The average molecular weight is 369 g/mol. The summed E-state index contributed by atoms with van der Waals surface area (Å²) in [5.41, 5.74) is 3.36. The third-order valence-electron chi connectivity index (χ3n) is 3.10. The summed E-state index contributed by atoms with van der Waals surface area (Å²) in [5.74, 6) is 1.75. The molecule has 18 heavy (non-hydrogen) atoms. The molecule has 0 saturated carbocycles. The molecular formula is C14H11Br2NO.